The molecule has 120 valence electrons. The van der Waals surface area contributed by atoms with Gasteiger partial charge in [-0.3, -0.25) is 0 Å². The fraction of sp³-hybridized carbons (Fsp3) is 0.278. The fourth-order valence-electron chi connectivity index (χ4n) is 2.93. The average molecular weight is 347 g/mol. The van der Waals surface area contributed by atoms with Crippen LogP contribution in [0.25, 0.3) is 0 Å². The van der Waals surface area contributed by atoms with Crippen molar-refractivity contribution in [2.75, 3.05) is 12.4 Å². The number of hydrogen-bond acceptors (Lipinski definition) is 2. The van der Waals surface area contributed by atoms with E-state index in [9.17, 15) is 0 Å². The van der Waals surface area contributed by atoms with Crippen molar-refractivity contribution >= 4 is 34.6 Å². The number of ether oxygens (including phenoxy) is 1. The van der Waals surface area contributed by atoms with Crippen LogP contribution in [0.1, 0.15) is 30.0 Å². The molecule has 1 aliphatic rings. The van der Waals surface area contributed by atoms with Crippen LogP contribution in [0.4, 0.5) is 5.69 Å². The maximum atomic E-state index is 5.90. The van der Waals surface area contributed by atoms with Crippen LogP contribution in [0, 0.1) is 0 Å². The van der Waals surface area contributed by atoms with Crippen molar-refractivity contribution in [3.05, 3.63) is 58.6 Å². The van der Waals surface area contributed by atoms with E-state index in [-0.39, 0.29) is 6.04 Å². The van der Waals surface area contributed by atoms with Crippen LogP contribution in [-0.2, 0) is 6.42 Å². The largest absolute Gasteiger partial charge is 0.497 e. The molecule has 1 aliphatic carbocycles. The summed E-state index contributed by atoms with van der Waals surface area (Å²) in [6, 6.07) is 14.0. The second-order valence-electron chi connectivity index (χ2n) is 5.61. The Morgan fingerprint density at radius 3 is 2.74 bits per heavy atom. The van der Waals surface area contributed by atoms with E-state index in [1.165, 1.54) is 11.1 Å². The summed E-state index contributed by atoms with van der Waals surface area (Å²) < 4.78 is 5.32. The van der Waals surface area contributed by atoms with Crippen LogP contribution < -0.4 is 15.4 Å². The van der Waals surface area contributed by atoms with Crippen molar-refractivity contribution in [3.63, 3.8) is 0 Å². The van der Waals surface area contributed by atoms with Crippen molar-refractivity contribution in [1.29, 1.82) is 0 Å². The molecule has 23 heavy (non-hydrogen) atoms. The van der Waals surface area contributed by atoms with Crippen LogP contribution in [0.5, 0.6) is 5.75 Å². The average Bonchev–Trinajstić information content (AvgIpc) is 2.56. The molecule has 2 N–H and O–H groups in total. The van der Waals surface area contributed by atoms with E-state index in [0.717, 1.165) is 30.7 Å². The highest BCUT2D eigenvalue weighted by Crippen LogP contribution is 2.32. The Balaban J connectivity index is 1.69. The molecule has 0 radical (unpaired) electrons. The Bertz CT molecular complexity index is 703. The Morgan fingerprint density at radius 1 is 1.22 bits per heavy atom. The SMILES string of the molecule is COc1ccc2c(c1)CCC[C@H]2NC(=S)Nc1ccc(Cl)cc1. The summed E-state index contributed by atoms with van der Waals surface area (Å²) >= 11 is 11.3. The highest BCUT2D eigenvalue weighted by Gasteiger charge is 2.21. The number of halogens is 1. The van der Waals surface area contributed by atoms with Gasteiger partial charge in [-0.1, -0.05) is 17.7 Å². The van der Waals surface area contributed by atoms with Crippen LogP contribution in [0.2, 0.25) is 5.02 Å². The van der Waals surface area contributed by atoms with Gasteiger partial charge in [0, 0.05) is 10.7 Å². The number of benzene rings is 2. The van der Waals surface area contributed by atoms with E-state index in [2.05, 4.69) is 22.8 Å². The van der Waals surface area contributed by atoms with Crippen LogP contribution >= 0.6 is 23.8 Å². The first-order valence-electron chi connectivity index (χ1n) is 7.65. The van der Waals surface area contributed by atoms with Gasteiger partial charge in [0.25, 0.3) is 0 Å². The van der Waals surface area contributed by atoms with Crippen LogP contribution in [-0.4, -0.2) is 12.2 Å². The topological polar surface area (TPSA) is 33.3 Å². The maximum Gasteiger partial charge on any atom is 0.171 e. The molecule has 0 spiro atoms. The van der Waals surface area contributed by atoms with E-state index in [1.807, 2.05) is 30.3 Å². The third kappa shape index (κ3) is 3.95. The Kier molecular flexibility index (Phi) is 5.03. The van der Waals surface area contributed by atoms with Crippen molar-refractivity contribution in [2.24, 2.45) is 0 Å². The molecule has 3 rings (SSSR count). The lowest BCUT2D eigenvalue weighted by Crippen LogP contribution is -2.34. The molecule has 0 saturated carbocycles. The van der Waals surface area contributed by atoms with Crippen molar-refractivity contribution in [3.8, 4) is 5.75 Å². The highest BCUT2D eigenvalue weighted by molar-refractivity contribution is 7.80. The minimum absolute atomic E-state index is 0.233. The van der Waals surface area contributed by atoms with Gasteiger partial charge >= 0.3 is 0 Å². The molecule has 2 aromatic rings. The zero-order valence-electron chi connectivity index (χ0n) is 12.9. The molecular weight excluding hydrogens is 328 g/mol. The number of hydrogen-bond donors (Lipinski definition) is 2. The third-order valence-electron chi connectivity index (χ3n) is 4.07. The monoisotopic (exact) mass is 346 g/mol. The summed E-state index contributed by atoms with van der Waals surface area (Å²) in [5.41, 5.74) is 3.57. The molecule has 0 bridgehead atoms. The Hall–Kier alpha value is -1.78. The number of aryl methyl sites for hydroxylation is 1. The van der Waals surface area contributed by atoms with Crippen LogP contribution in [0.15, 0.2) is 42.5 Å². The second-order valence-corrected chi connectivity index (χ2v) is 6.46. The molecule has 2 aromatic carbocycles. The molecule has 0 fully saturated rings. The summed E-state index contributed by atoms with van der Waals surface area (Å²) in [5, 5.41) is 7.97. The fourth-order valence-corrected chi connectivity index (χ4v) is 3.31. The molecule has 0 unspecified atom stereocenters. The summed E-state index contributed by atoms with van der Waals surface area (Å²) in [6.07, 6.45) is 3.30. The summed E-state index contributed by atoms with van der Waals surface area (Å²) in [7, 11) is 1.70. The molecule has 5 heteroatoms. The molecule has 3 nitrogen and oxygen atoms in total. The van der Waals surface area contributed by atoms with Gasteiger partial charge in [-0.15, -0.1) is 0 Å². The van der Waals surface area contributed by atoms with Crippen molar-refractivity contribution < 1.29 is 4.74 Å². The molecule has 0 aromatic heterocycles. The van der Waals surface area contributed by atoms with E-state index >= 15 is 0 Å². The number of thiocarbonyl (C=S) groups is 1. The minimum atomic E-state index is 0.233. The summed E-state index contributed by atoms with van der Waals surface area (Å²) in [5.74, 6) is 0.909. The van der Waals surface area contributed by atoms with Gasteiger partial charge in [0.15, 0.2) is 5.11 Å². The standard InChI is InChI=1S/C18H19ClN2OS/c1-22-15-9-10-16-12(11-15)3-2-4-17(16)21-18(23)20-14-7-5-13(19)6-8-14/h5-11,17H,2-4H2,1H3,(H2,20,21,23)/t17-/m1/s1. The van der Waals surface area contributed by atoms with Gasteiger partial charge in [-0.05, 0) is 79.0 Å². The molecule has 0 heterocycles. The van der Waals surface area contributed by atoms with Gasteiger partial charge in [-0.2, -0.15) is 0 Å². The predicted molar refractivity (Wildman–Crippen MR) is 99.5 cm³/mol. The lowest BCUT2D eigenvalue weighted by atomic mass is 9.87. The number of rotatable bonds is 3. The first kappa shape index (κ1) is 16.1. The second kappa shape index (κ2) is 7.20. The van der Waals surface area contributed by atoms with E-state index in [0.29, 0.717) is 10.1 Å². The quantitative estimate of drug-likeness (QED) is 0.788. The van der Waals surface area contributed by atoms with Crippen LogP contribution in [0.3, 0.4) is 0 Å². The molecular formula is C18H19ClN2OS. The van der Waals surface area contributed by atoms with Crippen molar-refractivity contribution in [1.82, 2.24) is 5.32 Å². The van der Waals surface area contributed by atoms with Gasteiger partial charge in [0.2, 0.25) is 0 Å². The molecule has 0 saturated heterocycles. The molecule has 1 atom stereocenters. The van der Waals surface area contributed by atoms with Gasteiger partial charge in [0.1, 0.15) is 5.75 Å². The number of anilines is 1. The third-order valence-corrected chi connectivity index (χ3v) is 4.54. The lowest BCUT2D eigenvalue weighted by molar-refractivity contribution is 0.412. The van der Waals surface area contributed by atoms with Gasteiger partial charge in [-0.25, -0.2) is 0 Å². The first-order valence-corrected chi connectivity index (χ1v) is 8.44. The minimum Gasteiger partial charge on any atom is -0.497 e. The smallest absolute Gasteiger partial charge is 0.171 e. The predicted octanol–water partition coefficient (Wildman–Crippen LogP) is 4.71. The Morgan fingerprint density at radius 2 is 2.00 bits per heavy atom. The lowest BCUT2D eigenvalue weighted by Gasteiger charge is -2.28. The van der Waals surface area contributed by atoms with Gasteiger partial charge in [0.05, 0.1) is 13.2 Å². The Labute approximate surface area is 147 Å². The van der Waals surface area contributed by atoms with E-state index < -0.39 is 0 Å². The van der Waals surface area contributed by atoms with E-state index in [1.54, 1.807) is 7.11 Å². The number of methoxy groups -OCH3 is 1. The zero-order valence-corrected chi connectivity index (χ0v) is 14.5. The zero-order chi connectivity index (χ0) is 16.2. The summed E-state index contributed by atoms with van der Waals surface area (Å²) in [6.45, 7) is 0. The van der Waals surface area contributed by atoms with Gasteiger partial charge < -0.3 is 15.4 Å². The normalized spacial score (nSPS) is 16.3. The first-order chi connectivity index (χ1) is 11.2. The van der Waals surface area contributed by atoms with E-state index in [4.69, 9.17) is 28.6 Å². The number of fused-ring (bicyclic) bond motifs is 1. The molecule has 0 aliphatic heterocycles. The highest BCUT2D eigenvalue weighted by atomic mass is 35.5. The number of nitrogens with one attached hydrogen (secondary N) is 2. The summed E-state index contributed by atoms with van der Waals surface area (Å²) in [4.78, 5) is 0. The molecule has 0 amide bonds. The maximum absolute atomic E-state index is 5.90. The van der Waals surface area contributed by atoms with Crippen molar-refractivity contribution in [2.45, 2.75) is 25.3 Å².